The lowest BCUT2D eigenvalue weighted by molar-refractivity contribution is 0.180. The van der Waals surface area contributed by atoms with Gasteiger partial charge in [-0.15, -0.1) is 0 Å². The molecule has 0 amide bonds. The van der Waals surface area contributed by atoms with Gasteiger partial charge in [0.25, 0.3) is 0 Å². The third-order valence-corrected chi connectivity index (χ3v) is 0.908. The molecule has 0 aliphatic carbocycles. The van der Waals surface area contributed by atoms with Gasteiger partial charge in [-0.05, 0) is 0 Å². The maximum Gasteiger partial charge on any atom is 0.418 e. The highest BCUT2D eigenvalue weighted by atomic mass is 16.5. The highest BCUT2D eigenvalue weighted by Gasteiger charge is 2.11. The summed E-state index contributed by atoms with van der Waals surface area (Å²) in [5.41, 5.74) is 0. The van der Waals surface area contributed by atoms with Crippen LogP contribution < -0.4 is 0 Å². The molecular formula is C6H8NO2. The van der Waals surface area contributed by atoms with E-state index in [1.807, 2.05) is 6.07 Å². The minimum Gasteiger partial charge on any atom is -0.438 e. The second-order valence-electron chi connectivity index (χ2n) is 1.99. The van der Waals surface area contributed by atoms with E-state index in [1.54, 1.807) is 13.8 Å². The van der Waals surface area contributed by atoms with E-state index in [1.165, 1.54) is 6.47 Å². The summed E-state index contributed by atoms with van der Waals surface area (Å²) in [5, 5.41) is 8.27. The Bertz CT molecular complexity index is 126. The highest BCUT2D eigenvalue weighted by Crippen LogP contribution is 2.02. The molecule has 0 aromatic carbocycles. The van der Waals surface area contributed by atoms with E-state index in [4.69, 9.17) is 5.26 Å². The molecule has 1 atom stereocenters. The van der Waals surface area contributed by atoms with Gasteiger partial charge in [0, 0.05) is 5.92 Å². The van der Waals surface area contributed by atoms with Crippen molar-refractivity contribution in [3.05, 3.63) is 0 Å². The summed E-state index contributed by atoms with van der Waals surface area (Å²) in [6.07, 6.45) is -0.650. The van der Waals surface area contributed by atoms with Crippen molar-refractivity contribution >= 4 is 6.47 Å². The predicted molar refractivity (Wildman–Crippen MR) is 31.0 cm³/mol. The summed E-state index contributed by atoms with van der Waals surface area (Å²) in [6.45, 7) is 4.82. The number of carbonyl (C=O) groups excluding carboxylic acids is 1. The van der Waals surface area contributed by atoms with Gasteiger partial charge in [0.2, 0.25) is 0 Å². The average molecular weight is 126 g/mol. The lowest BCUT2D eigenvalue weighted by atomic mass is 10.1. The Kier molecular flexibility index (Phi) is 3.45. The number of ether oxygens (including phenoxy) is 1. The van der Waals surface area contributed by atoms with Crippen molar-refractivity contribution in [1.29, 1.82) is 5.26 Å². The first kappa shape index (κ1) is 7.96. The van der Waals surface area contributed by atoms with Crippen LogP contribution in [0.5, 0.6) is 0 Å². The van der Waals surface area contributed by atoms with E-state index >= 15 is 0 Å². The Morgan fingerprint density at radius 1 is 1.56 bits per heavy atom. The van der Waals surface area contributed by atoms with Gasteiger partial charge in [-0.3, -0.25) is 0 Å². The van der Waals surface area contributed by atoms with Gasteiger partial charge >= 0.3 is 6.47 Å². The average Bonchev–Trinajstić information content (AvgIpc) is 1.82. The molecule has 3 heteroatoms. The first-order valence-corrected chi connectivity index (χ1v) is 2.64. The summed E-state index contributed by atoms with van der Waals surface area (Å²) < 4.78 is 4.29. The lowest BCUT2D eigenvalue weighted by Crippen LogP contribution is -2.16. The van der Waals surface area contributed by atoms with Crippen molar-refractivity contribution < 1.29 is 9.53 Å². The third kappa shape index (κ3) is 2.70. The lowest BCUT2D eigenvalue weighted by Gasteiger charge is -2.07. The molecule has 0 N–H and O–H groups in total. The van der Waals surface area contributed by atoms with Crippen molar-refractivity contribution in [2.45, 2.75) is 20.0 Å². The van der Waals surface area contributed by atoms with Crippen molar-refractivity contribution in [3.63, 3.8) is 0 Å². The second kappa shape index (κ2) is 3.90. The Morgan fingerprint density at radius 3 is 2.22 bits per heavy atom. The van der Waals surface area contributed by atoms with Crippen LogP contribution in [0.15, 0.2) is 0 Å². The van der Waals surface area contributed by atoms with E-state index < -0.39 is 6.10 Å². The van der Waals surface area contributed by atoms with Crippen LogP contribution in [0, 0.1) is 17.2 Å². The summed E-state index contributed by atoms with van der Waals surface area (Å²) in [5.74, 6) is 0.0384. The van der Waals surface area contributed by atoms with Gasteiger partial charge in [0.05, 0.1) is 0 Å². The molecule has 0 fully saturated rings. The summed E-state index contributed by atoms with van der Waals surface area (Å²) in [6, 6.07) is 1.82. The van der Waals surface area contributed by atoms with Crippen molar-refractivity contribution in [3.8, 4) is 6.07 Å². The van der Waals surface area contributed by atoms with Crippen LogP contribution >= 0.6 is 0 Å². The minimum absolute atomic E-state index is 0.0384. The third-order valence-electron chi connectivity index (χ3n) is 0.908. The zero-order chi connectivity index (χ0) is 7.28. The zero-order valence-corrected chi connectivity index (χ0v) is 5.42. The Morgan fingerprint density at radius 2 is 2.11 bits per heavy atom. The summed E-state index contributed by atoms with van der Waals surface area (Å²) >= 11 is 0. The van der Waals surface area contributed by atoms with Crippen molar-refractivity contribution in [2.75, 3.05) is 0 Å². The monoisotopic (exact) mass is 126 g/mol. The van der Waals surface area contributed by atoms with Crippen LogP contribution in [0.2, 0.25) is 0 Å². The van der Waals surface area contributed by atoms with Crippen LogP contribution in [0.1, 0.15) is 13.8 Å². The number of hydrogen-bond donors (Lipinski definition) is 0. The molecule has 0 aromatic heterocycles. The zero-order valence-electron chi connectivity index (χ0n) is 5.42. The molecule has 0 saturated heterocycles. The maximum atomic E-state index is 9.58. The standard InChI is InChI=1S/C6H8NO2/c1-5(2)6(3-7)9-4-8/h5-6H,1-2H3. The first-order chi connectivity index (χ1) is 4.22. The molecule has 0 bridgehead atoms. The molecular weight excluding hydrogens is 118 g/mol. The fourth-order valence-electron chi connectivity index (χ4n) is 0.363. The van der Waals surface area contributed by atoms with Crippen LogP contribution in [0.3, 0.4) is 0 Å². The quantitative estimate of drug-likeness (QED) is 0.557. The van der Waals surface area contributed by atoms with Gasteiger partial charge < -0.3 is 4.74 Å². The largest absolute Gasteiger partial charge is 0.438 e. The Balaban J connectivity index is 3.71. The first-order valence-electron chi connectivity index (χ1n) is 2.64. The Hall–Kier alpha value is -1.04. The van der Waals surface area contributed by atoms with Crippen LogP contribution in [0.25, 0.3) is 0 Å². The number of hydrogen-bond acceptors (Lipinski definition) is 3. The van der Waals surface area contributed by atoms with E-state index in [2.05, 4.69) is 4.74 Å². The van der Waals surface area contributed by atoms with E-state index in [-0.39, 0.29) is 5.92 Å². The molecule has 0 aliphatic rings. The molecule has 1 unspecified atom stereocenters. The van der Waals surface area contributed by atoms with Gasteiger partial charge in [0.15, 0.2) is 6.10 Å². The van der Waals surface area contributed by atoms with Crippen LogP contribution in [0.4, 0.5) is 0 Å². The van der Waals surface area contributed by atoms with Crippen molar-refractivity contribution in [2.24, 2.45) is 5.92 Å². The highest BCUT2D eigenvalue weighted by molar-refractivity contribution is 5.39. The normalized spacial score (nSPS) is 12.2. The molecule has 49 valence electrons. The molecule has 0 heterocycles. The number of rotatable bonds is 3. The molecule has 0 aromatic rings. The fraction of sp³-hybridized carbons (Fsp3) is 0.667. The molecule has 0 aliphatic heterocycles. The fourth-order valence-corrected chi connectivity index (χ4v) is 0.363. The number of nitriles is 1. The van der Waals surface area contributed by atoms with Gasteiger partial charge in [-0.2, -0.15) is 5.26 Å². The van der Waals surface area contributed by atoms with Gasteiger partial charge in [0.1, 0.15) is 6.07 Å². The van der Waals surface area contributed by atoms with E-state index in [0.29, 0.717) is 0 Å². The predicted octanol–water partition coefficient (Wildman–Crippen LogP) is 0.618. The topological polar surface area (TPSA) is 50.1 Å². The second-order valence-corrected chi connectivity index (χ2v) is 1.99. The summed E-state index contributed by atoms with van der Waals surface area (Å²) in [7, 11) is 0. The SMILES string of the molecule is CC(C)C(C#N)O[C]=O. The molecule has 3 nitrogen and oxygen atoms in total. The molecule has 0 saturated carbocycles. The van der Waals surface area contributed by atoms with Crippen LogP contribution in [-0.2, 0) is 9.53 Å². The minimum atomic E-state index is -0.650. The molecule has 0 rings (SSSR count). The molecule has 0 spiro atoms. The van der Waals surface area contributed by atoms with Crippen LogP contribution in [-0.4, -0.2) is 12.6 Å². The maximum absolute atomic E-state index is 9.58. The van der Waals surface area contributed by atoms with Crippen molar-refractivity contribution in [1.82, 2.24) is 0 Å². The van der Waals surface area contributed by atoms with Gasteiger partial charge in [-0.1, -0.05) is 13.8 Å². The van der Waals surface area contributed by atoms with E-state index in [9.17, 15) is 4.79 Å². The Labute approximate surface area is 54.2 Å². The summed E-state index contributed by atoms with van der Waals surface area (Å²) in [4.78, 5) is 9.58. The van der Waals surface area contributed by atoms with E-state index in [0.717, 1.165) is 0 Å². The molecule has 1 radical (unpaired) electrons. The smallest absolute Gasteiger partial charge is 0.418 e. The van der Waals surface area contributed by atoms with Gasteiger partial charge in [-0.25, -0.2) is 4.79 Å². The molecule has 9 heavy (non-hydrogen) atoms. The number of nitrogens with zero attached hydrogens (tertiary/aromatic N) is 1.